The van der Waals surface area contributed by atoms with Crippen molar-refractivity contribution in [1.29, 1.82) is 0 Å². The summed E-state index contributed by atoms with van der Waals surface area (Å²) in [5.41, 5.74) is -0.421. The minimum Gasteiger partial charge on any atom is -0.478 e. The van der Waals surface area contributed by atoms with Crippen LogP contribution < -0.4 is 20.9 Å². The molecule has 8 heteroatoms. The van der Waals surface area contributed by atoms with Crippen molar-refractivity contribution < 1.29 is 14.3 Å². The number of nitrogens with zero attached hydrogens (tertiary/aromatic N) is 2. The Bertz CT molecular complexity index is 593. The standard InChI is InChI=1S/C14H20N4O4/c1-15-12(19)10-22-11-3-2-6-18(14(11)21)9-13(20)17-7-4-16-5-8-17/h2-3,6,16H,4-5,7-10H2,1H3,(H,15,19). The van der Waals surface area contributed by atoms with E-state index in [0.29, 0.717) is 13.1 Å². The predicted octanol–water partition coefficient (Wildman–Crippen LogP) is -1.60. The molecule has 22 heavy (non-hydrogen) atoms. The summed E-state index contributed by atoms with van der Waals surface area (Å²) in [5, 5.41) is 5.57. The van der Waals surface area contributed by atoms with E-state index in [9.17, 15) is 14.4 Å². The van der Waals surface area contributed by atoms with Gasteiger partial charge in [-0.2, -0.15) is 0 Å². The van der Waals surface area contributed by atoms with Gasteiger partial charge in [0.25, 0.3) is 11.5 Å². The number of rotatable bonds is 5. The summed E-state index contributed by atoms with van der Waals surface area (Å²) >= 11 is 0. The summed E-state index contributed by atoms with van der Waals surface area (Å²) in [6.07, 6.45) is 1.54. The zero-order valence-corrected chi connectivity index (χ0v) is 12.5. The first-order valence-electron chi connectivity index (χ1n) is 7.13. The molecule has 2 rings (SSSR count). The fraction of sp³-hybridized carbons (Fsp3) is 0.500. The molecule has 120 valence electrons. The fourth-order valence-corrected chi connectivity index (χ4v) is 2.12. The van der Waals surface area contributed by atoms with Crippen LogP contribution in [0.25, 0.3) is 0 Å². The molecule has 1 saturated heterocycles. The molecule has 0 radical (unpaired) electrons. The van der Waals surface area contributed by atoms with E-state index in [-0.39, 0.29) is 30.7 Å². The Hall–Kier alpha value is -2.35. The Balaban J connectivity index is 2.03. The number of piperazine rings is 1. The van der Waals surface area contributed by atoms with Gasteiger partial charge in [0, 0.05) is 39.4 Å². The van der Waals surface area contributed by atoms with Crippen molar-refractivity contribution in [3.05, 3.63) is 28.7 Å². The highest BCUT2D eigenvalue weighted by Crippen LogP contribution is 2.03. The van der Waals surface area contributed by atoms with Gasteiger partial charge in [-0.3, -0.25) is 14.4 Å². The van der Waals surface area contributed by atoms with E-state index in [1.54, 1.807) is 11.0 Å². The van der Waals surface area contributed by atoms with Gasteiger partial charge < -0.3 is 24.8 Å². The normalized spacial score (nSPS) is 14.5. The number of aromatic nitrogens is 1. The second-order valence-corrected chi connectivity index (χ2v) is 4.90. The zero-order chi connectivity index (χ0) is 15.9. The molecule has 0 aliphatic carbocycles. The minimum absolute atomic E-state index is 0.0317. The van der Waals surface area contributed by atoms with Crippen LogP contribution in [0.2, 0.25) is 0 Å². The summed E-state index contributed by atoms with van der Waals surface area (Å²) < 4.78 is 6.47. The first-order chi connectivity index (χ1) is 10.6. The van der Waals surface area contributed by atoms with Gasteiger partial charge in [-0.15, -0.1) is 0 Å². The monoisotopic (exact) mass is 308 g/mol. The largest absolute Gasteiger partial charge is 0.478 e. The Morgan fingerprint density at radius 2 is 2.09 bits per heavy atom. The van der Waals surface area contributed by atoms with Crippen molar-refractivity contribution in [3.8, 4) is 5.75 Å². The maximum absolute atomic E-state index is 12.2. The second kappa shape index (κ2) is 7.60. The maximum atomic E-state index is 12.2. The van der Waals surface area contributed by atoms with Crippen molar-refractivity contribution in [2.45, 2.75) is 6.54 Å². The van der Waals surface area contributed by atoms with Crippen LogP contribution in [0.1, 0.15) is 0 Å². The van der Waals surface area contributed by atoms with Crippen LogP contribution in [0.15, 0.2) is 23.1 Å². The molecule has 1 aliphatic heterocycles. The molecular formula is C14H20N4O4. The van der Waals surface area contributed by atoms with Crippen LogP contribution >= 0.6 is 0 Å². The van der Waals surface area contributed by atoms with Crippen molar-refractivity contribution in [2.75, 3.05) is 39.8 Å². The van der Waals surface area contributed by atoms with Crippen molar-refractivity contribution >= 4 is 11.8 Å². The van der Waals surface area contributed by atoms with Crippen molar-refractivity contribution in [1.82, 2.24) is 20.1 Å². The number of likely N-dealkylation sites (N-methyl/N-ethyl adjacent to an activating group) is 1. The lowest BCUT2D eigenvalue weighted by Crippen LogP contribution is -2.48. The van der Waals surface area contributed by atoms with Gasteiger partial charge in [0.15, 0.2) is 12.4 Å². The Kier molecular flexibility index (Phi) is 5.54. The number of hydrogen-bond acceptors (Lipinski definition) is 5. The number of nitrogens with one attached hydrogen (secondary N) is 2. The molecule has 1 fully saturated rings. The number of amides is 2. The van der Waals surface area contributed by atoms with Gasteiger partial charge in [0.2, 0.25) is 5.91 Å². The van der Waals surface area contributed by atoms with Crippen LogP contribution in [-0.4, -0.2) is 61.1 Å². The molecule has 2 heterocycles. The average molecular weight is 308 g/mol. The molecular weight excluding hydrogens is 288 g/mol. The SMILES string of the molecule is CNC(=O)COc1cccn(CC(=O)N2CCNCC2)c1=O. The maximum Gasteiger partial charge on any atom is 0.293 e. The van der Waals surface area contributed by atoms with Crippen LogP contribution in [0.4, 0.5) is 0 Å². The summed E-state index contributed by atoms with van der Waals surface area (Å²) in [6.45, 7) is 2.53. The van der Waals surface area contributed by atoms with Gasteiger partial charge >= 0.3 is 0 Å². The summed E-state index contributed by atoms with van der Waals surface area (Å²) in [4.78, 5) is 37.3. The highest BCUT2D eigenvalue weighted by atomic mass is 16.5. The van der Waals surface area contributed by atoms with E-state index in [0.717, 1.165) is 13.1 Å². The molecule has 0 aromatic carbocycles. The Morgan fingerprint density at radius 3 is 2.77 bits per heavy atom. The van der Waals surface area contributed by atoms with E-state index in [1.807, 2.05) is 0 Å². The first-order valence-corrected chi connectivity index (χ1v) is 7.13. The smallest absolute Gasteiger partial charge is 0.293 e. The predicted molar refractivity (Wildman–Crippen MR) is 79.7 cm³/mol. The van der Waals surface area contributed by atoms with Crippen molar-refractivity contribution in [2.24, 2.45) is 0 Å². The molecule has 0 unspecified atom stereocenters. The van der Waals surface area contributed by atoms with Gasteiger partial charge in [-0.1, -0.05) is 0 Å². The second-order valence-electron chi connectivity index (χ2n) is 4.90. The summed E-state index contributed by atoms with van der Waals surface area (Å²) in [5.74, 6) is -0.377. The minimum atomic E-state index is -0.421. The molecule has 1 aromatic rings. The van der Waals surface area contributed by atoms with Gasteiger partial charge in [0.05, 0.1) is 0 Å². The third-order valence-electron chi connectivity index (χ3n) is 3.40. The van der Waals surface area contributed by atoms with E-state index in [2.05, 4.69) is 10.6 Å². The van der Waals surface area contributed by atoms with Gasteiger partial charge in [-0.25, -0.2) is 0 Å². The van der Waals surface area contributed by atoms with Crippen LogP contribution in [-0.2, 0) is 16.1 Å². The Labute approximate surface area is 128 Å². The quantitative estimate of drug-likeness (QED) is 0.684. The zero-order valence-electron chi connectivity index (χ0n) is 12.5. The average Bonchev–Trinajstić information content (AvgIpc) is 2.56. The molecule has 2 N–H and O–H groups in total. The van der Waals surface area contributed by atoms with Crippen molar-refractivity contribution in [3.63, 3.8) is 0 Å². The number of ether oxygens (including phenoxy) is 1. The van der Waals surface area contributed by atoms with Gasteiger partial charge in [0.1, 0.15) is 6.54 Å². The molecule has 1 aromatic heterocycles. The molecule has 8 nitrogen and oxygen atoms in total. The highest BCUT2D eigenvalue weighted by Gasteiger charge is 2.17. The number of carbonyl (C=O) groups is 2. The molecule has 0 bridgehead atoms. The lowest BCUT2D eigenvalue weighted by atomic mass is 10.3. The third kappa shape index (κ3) is 4.08. The van der Waals surface area contributed by atoms with Crippen LogP contribution in [0.3, 0.4) is 0 Å². The van der Waals surface area contributed by atoms with E-state index < -0.39 is 5.56 Å². The molecule has 0 spiro atoms. The molecule has 0 atom stereocenters. The number of carbonyl (C=O) groups excluding carboxylic acids is 2. The van der Waals surface area contributed by atoms with E-state index >= 15 is 0 Å². The number of hydrogen-bond donors (Lipinski definition) is 2. The highest BCUT2D eigenvalue weighted by molar-refractivity contribution is 5.77. The Morgan fingerprint density at radius 1 is 1.36 bits per heavy atom. The topological polar surface area (TPSA) is 92.7 Å². The number of pyridine rings is 1. The van der Waals surface area contributed by atoms with Gasteiger partial charge in [-0.05, 0) is 12.1 Å². The molecule has 1 aliphatic rings. The first kappa shape index (κ1) is 16.0. The van der Waals surface area contributed by atoms with E-state index in [1.165, 1.54) is 23.9 Å². The lowest BCUT2D eigenvalue weighted by Gasteiger charge is -2.27. The lowest BCUT2D eigenvalue weighted by molar-refractivity contribution is -0.132. The summed E-state index contributed by atoms with van der Waals surface area (Å²) in [6, 6.07) is 3.10. The third-order valence-corrected chi connectivity index (χ3v) is 3.40. The summed E-state index contributed by atoms with van der Waals surface area (Å²) in [7, 11) is 1.49. The van der Waals surface area contributed by atoms with Crippen LogP contribution in [0, 0.1) is 0 Å². The van der Waals surface area contributed by atoms with E-state index in [4.69, 9.17) is 4.74 Å². The molecule has 0 saturated carbocycles. The van der Waals surface area contributed by atoms with Crippen LogP contribution in [0.5, 0.6) is 5.75 Å². The molecule has 2 amide bonds. The fourth-order valence-electron chi connectivity index (χ4n) is 2.12.